The van der Waals surface area contributed by atoms with Gasteiger partial charge in [0.1, 0.15) is 12.4 Å². The molecule has 0 aliphatic carbocycles. The molecule has 154 valence electrons. The Kier molecular flexibility index (Phi) is 6.14. The number of carbonyl (C=O) groups excluding carboxylic acids is 2. The number of piperidine rings is 1. The van der Waals surface area contributed by atoms with Crippen molar-refractivity contribution in [2.24, 2.45) is 0 Å². The summed E-state index contributed by atoms with van der Waals surface area (Å²) in [5.41, 5.74) is 0.527. The third-order valence-corrected chi connectivity index (χ3v) is 5.43. The zero-order valence-electron chi connectivity index (χ0n) is 16.3. The Labute approximate surface area is 170 Å². The second-order valence-corrected chi connectivity index (χ2v) is 7.46. The van der Waals surface area contributed by atoms with Crippen molar-refractivity contribution in [3.05, 3.63) is 54.0 Å². The van der Waals surface area contributed by atoms with Crippen LogP contribution in [0.2, 0.25) is 0 Å². The SMILES string of the molecule is O=C(NC1CCN(C(=O)c2ccco2)CC1)c1ccccc1OCC1CCCO1. The van der Waals surface area contributed by atoms with Gasteiger partial charge in [-0.05, 0) is 49.9 Å². The predicted octanol–water partition coefficient (Wildman–Crippen LogP) is 2.87. The number of nitrogens with one attached hydrogen (secondary N) is 1. The van der Waals surface area contributed by atoms with Crippen LogP contribution in [0.15, 0.2) is 47.1 Å². The van der Waals surface area contributed by atoms with Crippen LogP contribution in [0.1, 0.15) is 46.6 Å². The molecule has 1 unspecified atom stereocenters. The molecule has 1 atom stereocenters. The first-order chi connectivity index (χ1) is 14.2. The lowest BCUT2D eigenvalue weighted by Gasteiger charge is -2.32. The van der Waals surface area contributed by atoms with E-state index in [2.05, 4.69) is 5.32 Å². The van der Waals surface area contributed by atoms with E-state index in [1.807, 2.05) is 18.2 Å². The quantitative estimate of drug-likeness (QED) is 0.809. The van der Waals surface area contributed by atoms with Crippen LogP contribution in [0.3, 0.4) is 0 Å². The summed E-state index contributed by atoms with van der Waals surface area (Å²) in [4.78, 5) is 26.9. The maximum absolute atomic E-state index is 12.8. The average molecular weight is 398 g/mol. The average Bonchev–Trinajstić information content (AvgIpc) is 3.47. The molecule has 4 rings (SSSR count). The van der Waals surface area contributed by atoms with Crippen LogP contribution in [0.25, 0.3) is 0 Å². The van der Waals surface area contributed by atoms with Gasteiger partial charge in [0, 0.05) is 25.7 Å². The minimum Gasteiger partial charge on any atom is -0.490 e. The summed E-state index contributed by atoms with van der Waals surface area (Å²) in [6.07, 6.45) is 5.05. The largest absolute Gasteiger partial charge is 0.490 e. The number of rotatable bonds is 6. The fourth-order valence-electron chi connectivity index (χ4n) is 3.78. The third kappa shape index (κ3) is 4.79. The molecule has 3 heterocycles. The molecule has 0 bridgehead atoms. The number of benzene rings is 1. The summed E-state index contributed by atoms with van der Waals surface area (Å²) in [6.45, 7) is 2.40. The molecule has 0 radical (unpaired) electrons. The topological polar surface area (TPSA) is 81.0 Å². The van der Waals surface area contributed by atoms with Crippen molar-refractivity contribution >= 4 is 11.8 Å². The fourth-order valence-corrected chi connectivity index (χ4v) is 3.78. The van der Waals surface area contributed by atoms with Gasteiger partial charge in [0.05, 0.1) is 17.9 Å². The van der Waals surface area contributed by atoms with Gasteiger partial charge in [-0.15, -0.1) is 0 Å². The molecule has 2 saturated heterocycles. The number of ether oxygens (including phenoxy) is 2. The minimum absolute atomic E-state index is 0.0226. The van der Waals surface area contributed by atoms with Crippen molar-refractivity contribution in [1.29, 1.82) is 0 Å². The van der Waals surface area contributed by atoms with Gasteiger partial charge in [0.2, 0.25) is 0 Å². The first-order valence-corrected chi connectivity index (χ1v) is 10.2. The van der Waals surface area contributed by atoms with Gasteiger partial charge in [0.15, 0.2) is 5.76 Å². The molecule has 2 amide bonds. The monoisotopic (exact) mass is 398 g/mol. The maximum atomic E-state index is 12.8. The number of nitrogens with zero attached hydrogens (tertiary/aromatic N) is 1. The van der Waals surface area contributed by atoms with E-state index >= 15 is 0 Å². The van der Waals surface area contributed by atoms with E-state index < -0.39 is 0 Å². The Morgan fingerprint density at radius 2 is 1.93 bits per heavy atom. The molecule has 2 aliphatic rings. The zero-order valence-corrected chi connectivity index (χ0v) is 16.3. The highest BCUT2D eigenvalue weighted by Gasteiger charge is 2.27. The Bertz CT molecular complexity index is 821. The summed E-state index contributed by atoms with van der Waals surface area (Å²) < 4.78 is 16.6. The molecule has 7 heteroatoms. The zero-order chi connectivity index (χ0) is 20.1. The Hall–Kier alpha value is -2.80. The molecule has 2 aliphatic heterocycles. The van der Waals surface area contributed by atoms with Crippen LogP contribution in [0.4, 0.5) is 0 Å². The second-order valence-electron chi connectivity index (χ2n) is 7.46. The van der Waals surface area contributed by atoms with Crippen LogP contribution in [-0.4, -0.2) is 55.2 Å². The summed E-state index contributed by atoms with van der Waals surface area (Å²) in [5, 5.41) is 3.09. The molecule has 0 saturated carbocycles. The maximum Gasteiger partial charge on any atom is 0.289 e. The number of amides is 2. The smallest absolute Gasteiger partial charge is 0.289 e. The van der Waals surface area contributed by atoms with E-state index in [1.54, 1.807) is 23.1 Å². The van der Waals surface area contributed by atoms with Gasteiger partial charge in [-0.2, -0.15) is 0 Å². The van der Waals surface area contributed by atoms with E-state index in [-0.39, 0.29) is 24.0 Å². The molecule has 2 fully saturated rings. The van der Waals surface area contributed by atoms with Gasteiger partial charge in [-0.25, -0.2) is 0 Å². The van der Waals surface area contributed by atoms with E-state index in [9.17, 15) is 9.59 Å². The number of likely N-dealkylation sites (tertiary alicyclic amines) is 1. The summed E-state index contributed by atoms with van der Waals surface area (Å²) in [5.74, 6) is 0.673. The number of furan rings is 1. The summed E-state index contributed by atoms with van der Waals surface area (Å²) in [7, 11) is 0. The second kappa shape index (κ2) is 9.13. The van der Waals surface area contributed by atoms with Gasteiger partial charge in [-0.3, -0.25) is 9.59 Å². The normalized spacial score (nSPS) is 19.9. The van der Waals surface area contributed by atoms with Crippen molar-refractivity contribution in [2.45, 2.75) is 37.8 Å². The molecule has 2 aromatic rings. The first-order valence-electron chi connectivity index (χ1n) is 10.2. The third-order valence-electron chi connectivity index (χ3n) is 5.43. The fraction of sp³-hybridized carbons (Fsp3) is 0.455. The van der Waals surface area contributed by atoms with Crippen LogP contribution in [-0.2, 0) is 4.74 Å². The lowest BCUT2D eigenvalue weighted by atomic mass is 10.0. The molecule has 0 spiro atoms. The highest BCUT2D eigenvalue weighted by Crippen LogP contribution is 2.21. The summed E-state index contributed by atoms with van der Waals surface area (Å²) >= 11 is 0. The predicted molar refractivity (Wildman–Crippen MR) is 106 cm³/mol. The Balaban J connectivity index is 1.30. The van der Waals surface area contributed by atoms with Gasteiger partial charge >= 0.3 is 0 Å². The highest BCUT2D eigenvalue weighted by atomic mass is 16.5. The Morgan fingerprint density at radius 1 is 1.10 bits per heavy atom. The van der Waals surface area contributed by atoms with E-state index in [4.69, 9.17) is 13.9 Å². The van der Waals surface area contributed by atoms with Crippen LogP contribution in [0, 0.1) is 0 Å². The molecule has 1 aromatic heterocycles. The Morgan fingerprint density at radius 3 is 2.66 bits per heavy atom. The van der Waals surface area contributed by atoms with Crippen LogP contribution >= 0.6 is 0 Å². The van der Waals surface area contributed by atoms with Gasteiger partial charge < -0.3 is 24.1 Å². The van der Waals surface area contributed by atoms with Crippen LogP contribution < -0.4 is 10.1 Å². The number of para-hydroxylation sites is 1. The first kappa shape index (κ1) is 19.5. The van der Waals surface area contributed by atoms with Crippen molar-refractivity contribution in [3.8, 4) is 5.75 Å². The molecule has 1 N–H and O–H groups in total. The van der Waals surface area contributed by atoms with E-state index in [0.29, 0.717) is 49.6 Å². The highest BCUT2D eigenvalue weighted by molar-refractivity contribution is 5.97. The van der Waals surface area contributed by atoms with Crippen LogP contribution in [0.5, 0.6) is 5.75 Å². The lowest BCUT2D eigenvalue weighted by molar-refractivity contribution is 0.0655. The summed E-state index contributed by atoms with van der Waals surface area (Å²) in [6, 6.07) is 10.7. The van der Waals surface area contributed by atoms with Crippen molar-refractivity contribution < 1.29 is 23.5 Å². The molecule has 7 nitrogen and oxygen atoms in total. The molecule has 29 heavy (non-hydrogen) atoms. The minimum atomic E-state index is -0.149. The van der Waals surface area contributed by atoms with E-state index in [0.717, 1.165) is 19.4 Å². The molecule has 1 aromatic carbocycles. The van der Waals surface area contributed by atoms with E-state index in [1.165, 1.54) is 6.26 Å². The van der Waals surface area contributed by atoms with Crippen molar-refractivity contribution in [3.63, 3.8) is 0 Å². The molecular formula is C22H26N2O5. The number of hydrogen-bond acceptors (Lipinski definition) is 5. The van der Waals surface area contributed by atoms with Gasteiger partial charge in [0.25, 0.3) is 11.8 Å². The number of carbonyl (C=O) groups is 2. The lowest BCUT2D eigenvalue weighted by Crippen LogP contribution is -2.46. The number of hydrogen-bond donors (Lipinski definition) is 1. The standard InChI is InChI=1S/C22H26N2O5/c25-21(18-6-1-2-7-19(18)29-15-17-5-3-13-27-17)23-16-9-11-24(12-10-16)22(26)20-8-4-14-28-20/h1-2,4,6-8,14,16-17H,3,5,9-13,15H2,(H,23,25). The molecular weight excluding hydrogens is 372 g/mol. The van der Waals surface area contributed by atoms with Crippen molar-refractivity contribution in [1.82, 2.24) is 10.2 Å². The van der Waals surface area contributed by atoms with Crippen molar-refractivity contribution in [2.75, 3.05) is 26.3 Å². The van der Waals surface area contributed by atoms with Gasteiger partial charge in [-0.1, -0.05) is 12.1 Å².